The van der Waals surface area contributed by atoms with Gasteiger partial charge in [-0.05, 0) is 24.3 Å². The Morgan fingerprint density at radius 3 is 2.67 bits per heavy atom. The van der Waals surface area contributed by atoms with Gasteiger partial charge in [0.05, 0.1) is 28.9 Å². The van der Waals surface area contributed by atoms with E-state index >= 15 is 0 Å². The number of hydrogen-bond donors (Lipinski definition) is 2. The van der Waals surface area contributed by atoms with Gasteiger partial charge in [-0.25, -0.2) is 4.79 Å². The van der Waals surface area contributed by atoms with Gasteiger partial charge in [0.1, 0.15) is 11.5 Å². The van der Waals surface area contributed by atoms with Gasteiger partial charge >= 0.3 is 6.03 Å². The van der Waals surface area contributed by atoms with Crippen molar-refractivity contribution in [2.75, 3.05) is 23.8 Å². The fraction of sp³-hybridized carbons (Fsp3) is 0.235. The summed E-state index contributed by atoms with van der Waals surface area (Å²) >= 11 is 11.9. The molecular formula is C17H14Cl2N2O3. The fourth-order valence-electron chi connectivity index (χ4n) is 2.97. The van der Waals surface area contributed by atoms with Crippen molar-refractivity contribution >= 4 is 40.6 Å². The number of ether oxygens (including phenoxy) is 2. The predicted molar refractivity (Wildman–Crippen MR) is 93.9 cm³/mol. The van der Waals surface area contributed by atoms with Gasteiger partial charge in [0.2, 0.25) is 0 Å². The van der Waals surface area contributed by atoms with Gasteiger partial charge in [-0.3, -0.25) is 0 Å². The summed E-state index contributed by atoms with van der Waals surface area (Å²) in [5.74, 6) is 1.56. The molecule has 0 bridgehead atoms. The number of carbonyl (C=O) groups is 1. The van der Waals surface area contributed by atoms with Crippen molar-refractivity contribution < 1.29 is 14.3 Å². The van der Waals surface area contributed by atoms with Crippen LogP contribution in [0.25, 0.3) is 0 Å². The van der Waals surface area contributed by atoms with Crippen LogP contribution in [0.5, 0.6) is 11.5 Å². The van der Waals surface area contributed by atoms with E-state index in [2.05, 4.69) is 10.6 Å². The summed E-state index contributed by atoms with van der Waals surface area (Å²) in [5.41, 5.74) is 3.28. The average molecular weight is 365 g/mol. The number of benzene rings is 2. The molecule has 0 fully saturated rings. The zero-order valence-electron chi connectivity index (χ0n) is 12.6. The van der Waals surface area contributed by atoms with Crippen molar-refractivity contribution in [3.63, 3.8) is 0 Å². The molecule has 0 saturated carbocycles. The maximum Gasteiger partial charge on any atom is 0.323 e. The molecular weight excluding hydrogens is 351 g/mol. The number of anilines is 2. The second kappa shape index (κ2) is 6.07. The second-order valence-electron chi connectivity index (χ2n) is 5.62. The largest absolute Gasteiger partial charge is 0.493 e. The maximum atomic E-state index is 12.4. The Bertz CT molecular complexity index is 807. The molecule has 2 aromatic rings. The summed E-state index contributed by atoms with van der Waals surface area (Å²) in [7, 11) is 0. The third-order valence-electron chi connectivity index (χ3n) is 4.07. The van der Waals surface area contributed by atoms with E-state index in [1.165, 1.54) is 0 Å². The lowest BCUT2D eigenvalue weighted by molar-refractivity contribution is 0.262. The number of nitrogens with one attached hydrogen (secondary N) is 2. The molecule has 5 nitrogen and oxygen atoms in total. The first-order chi connectivity index (χ1) is 11.6. The van der Waals surface area contributed by atoms with Crippen LogP contribution in [0.15, 0.2) is 24.3 Å². The molecule has 0 aliphatic carbocycles. The Labute approximate surface area is 148 Å². The predicted octanol–water partition coefficient (Wildman–Crippen LogP) is 4.51. The lowest BCUT2D eigenvalue weighted by Gasteiger charge is -2.14. The van der Waals surface area contributed by atoms with Crippen LogP contribution in [0.3, 0.4) is 0 Å². The van der Waals surface area contributed by atoms with Gasteiger partial charge in [0.25, 0.3) is 0 Å². The summed E-state index contributed by atoms with van der Waals surface area (Å²) in [6.07, 6.45) is 1.56. The van der Waals surface area contributed by atoms with Crippen LogP contribution >= 0.6 is 23.2 Å². The molecule has 24 heavy (non-hydrogen) atoms. The molecule has 0 radical (unpaired) electrons. The first-order valence-electron chi connectivity index (χ1n) is 7.59. The highest BCUT2D eigenvalue weighted by atomic mass is 35.5. The summed E-state index contributed by atoms with van der Waals surface area (Å²) in [6, 6.07) is 6.56. The summed E-state index contributed by atoms with van der Waals surface area (Å²) in [5, 5.41) is 6.46. The van der Waals surface area contributed by atoms with Gasteiger partial charge in [0, 0.05) is 29.7 Å². The average Bonchev–Trinajstić information content (AvgIpc) is 3.19. The number of amides is 2. The second-order valence-corrected chi connectivity index (χ2v) is 6.44. The molecule has 124 valence electrons. The number of carbonyl (C=O) groups excluding carboxylic acids is 1. The number of urea groups is 1. The van der Waals surface area contributed by atoms with Crippen molar-refractivity contribution in [1.29, 1.82) is 0 Å². The summed E-state index contributed by atoms with van der Waals surface area (Å²) in [6.45, 7) is 1.22. The number of halogens is 2. The van der Waals surface area contributed by atoms with Crippen LogP contribution in [0.1, 0.15) is 11.1 Å². The monoisotopic (exact) mass is 364 g/mol. The minimum atomic E-state index is -0.369. The molecule has 0 atom stereocenters. The lowest BCUT2D eigenvalue weighted by atomic mass is 10.0. The van der Waals surface area contributed by atoms with Crippen molar-refractivity contribution in [3.05, 3.63) is 45.4 Å². The third kappa shape index (κ3) is 2.74. The Kier molecular flexibility index (Phi) is 3.90. The van der Waals surface area contributed by atoms with Gasteiger partial charge in [-0.2, -0.15) is 0 Å². The summed E-state index contributed by atoms with van der Waals surface area (Å²) < 4.78 is 11.3. The molecule has 0 saturated heterocycles. The van der Waals surface area contributed by atoms with Crippen molar-refractivity contribution in [1.82, 2.24) is 0 Å². The van der Waals surface area contributed by atoms with Crippen molar-refractivity contribution in [3.8, 4) is 11.5 Å². The normalized spacial score (nSPS) is 14.4. The minimum absolute atomic E-state index is 0.369. The Morgan fingerprint density at radius 1 is 1.00 bits per heavy atom. The molecule has 2 N–H and O–H groups in total. The fourth-order valence-corrected chi connectivity index (χ4v) is 3.27. The van der Waals surface area contributed by atoms with E-state index in [1.54, 1.807) is 18.2 Å². The van der Waals surface area contributed by atoms with E-state index in [-0.39, 0.29) is 6.03 Å². The van der Waals surface area contributed by atoms with Crippen LogP contribution < -0.4 is 20.1 Å². The number of rotatable bonds is 2. The molecule has 2 heterocycles. The Balaban J connectivity index is 1.59. The topological polar surface area (TPSA) is 59.6 Å². The highest BCUT2D eigenvalue weighted by Gasteiger charge is 2.27. The molecule has 2 aliphatic heterocycles. The Hall–Kier alpha value is -2.11. The van der Waals surface area contributed by atoms with Crippen LogP contribution in [-0.2, 0) is 12.8 Å². The smallest absolute Gasteiger partial charge is 0.323 e. The van der Waals surface area contributed by atoms with E-state index in [1.807, 2.05) is 6.07 Å². The standard InChI is InChI=1S/C17H14Cl2N2O3/c18-12-2-1-10(8-13(12)19)20-17(22)21-15-11-4-6-23-14(11)7-9-3-5-24-16(9)15/h1-2,7-8H,3-6H2,(H2,20,21,22). The lowest BCUT2D eigenvalue weighted by Crippen LogP contribution is -2.20. The van der Waals surface area contributed by atoms with Crippen LogP contribution in [0.4, 0.5) is 16.2 Å². The molecule has 4 rings (SSSR count). The van der Waals surface area contributed by atoms with Crippen LogP contribution in [-0.4, -0.2) is 19.2 Å². The maximum absolute atomic E-state index is 12.4. The highest BCUT2D eigenvalue weighted by molar-refractivity contribution is 6.42. The van der Waals surface area contributed by atoms with Crippen molar-refractivity contribution in [2.45, 2.75) is 12.8 Å². The van der Waals surface area contributed by atoms with E-state index in [4.69, 9.17) is 32.7 Å². The van der Waals surface area contributed by atoms with Gasteiger partial charge in [0.15, 0.2) is 0 Å². The van der Waals surface area contributed by atoms with Gasteiger partial charge in [-0.15, -0.1) is 0 Å². The Morgan fingerprint density at radius 2 is 1.83 bits per heavy atom. The molecule has 2 aromatic carbocycles. The first-order valence-corrected chi connectivity index (χ1v) is 8.35. The molecule has 2 amide bonds. The first kappa shape index (κ1) is 15.4. The number of hydrogen-bond acceptors (Lipinski definition) is 3. The number of fused-ring (bicyclic) bond motifs is 2. The molecule has 0 unspecified atom stereocenters. The van der Waals surface area contributed by atoms with Crippen LogP contribution in [0, 0.1) is 0 Å². The van der Waals surface area contributed by atoms with E-state index in [0.29, 0.717) is 34.6 Å². The minimum Gasteiger partial charge on any atom is -0.493 e. The van der Waals surface area contributed by atoms with Gasteiger partial charge < -0.3 is 20.1 Å². The van der Waals surface area contributed by atoms with E-state index in [0.717, 1.165) is 35.5 Å². The molecule has 0 aromatic heterocycles. The quantitative estimate of drug-likeness (QED) is 0.824. The third-order valence-corrected chi connectivity index (χ3v) is 4.81. The highest BCUT2D eigenvalue weighted by Crippen LogP contribution is 2.44. The zero-order valence-corrected chi connectivity index (χ0v) is 14.1. The van der Waals surface area contributed by atoms with Crippen LogP contribution in [0.2, 0.25) is 10.0 Å². The molecule has 2 aliphatic rings. The summed E-state index contributed by atoms with van der Waals surface area (Å²) in [4.78, 5) is 12.4. The van der Waals surface area contributed by atoms with E-state index < -0.39 is 0 Å². The molecule has 0 spiro atoms. The van der Waals surface area contributed by atoms with E-state index in [9.17, 15) is 4.79 Å². The molecule has 7 heteroatoms. The zero-order chi connectivity index (χ0) is 16.7. The van der Waals surface area contributed by atoms with Gasteiger partial charge in [-0.1, -0.05) is 23.2 Å². The SMILES string of the molecule is O=C(Nc1ccc(Cl)c(Cl)c1)Nc1c2c(cc3c1OCC3)OCC2. The van der Waals surface area contributed by atoms with Crippen molar-refractivity contribution in [2.24, 2.45) is 0 Å².